The van der Waals surface area contributed by atoms with Gasteiger partial charge in [-0.3, -0.25) is 10.6 Å². The van der Waals surface area contributed by atoms with Gasteiger partial charge in [0.05, 0.1) is 0 Å². The van der Waals surface area contributed by atoms with Crippen molar-refractivity contribution in [3.8, 4) is 0 Å². The molecule has 5 heteroatoms. The molecule has 0 aliphatic carbocycles. The van der Waals surface area contributed by atoms with Crippen LogP contribution in [0.1, 0.15) is 6.92 Å². The van der Waals surface area contributed by atoms with Crippen molar-refractivity contribution in [2.45, 2.75) is 13.0 Å². The third-order valence-electron chi connectivity index (χ3n) is 0.670. The van der Waals surface area contributed by atoms with E-state index in [4.69, 9.17) is 10.9 Å². The van der Waals surface area contributed by atoms with Crippen LogP contribution < -0.4 is 16.8 Å². The second-order valence-electron chi connectivity index (χ2n) is 1.35. The van der Waals surface area contributed by atoms with Gasteiger partial charge in [0.1, 0.15) is 6.04 Å². The first-order chi connectivity index (χ1) is 3.68. The number of carboxylic acid groups (broad SMARTS) is 1. The summed E-state index contributed by atoms with van der Waals surface area (Å²) in [6.07, 6.45) is 0. The molecule has 0 aliphatic heterocycles. The summed E-state index contributed by atoms with van der Waals surface area (Å²) in [5, 5.41) is 8.16. The summed E-state index contributed by atoms with van der Waals surface area (Å²) in [7, 11) is 0. The molecule has 5 nitrogen and oxygen atoms in total. The quantitative estimate of drug-likeness (QED) is 0.266. The molecular formula is C3H9N3O2. The standard InChI is InChI=1S/C3H9N3O2/c1-2(3(7)8)5-6-4/h2,5-6H,4H2,1H3,(H,7,8)/t2-/m0/s1. The number of hydrogen-bond donors (Lipinski definition) is 4. The zero-order chi connectivity index (χ0) is 6.57. The first-order valence-electron chi connectivity index (χ1n) is 2.12. The van der Waals surface area contributed by atoms with Gasteiger partial charge in [-0.15, -0.1) is 0 Å². The second-order valence-corrected chi connectivity index (χ2v) is 1.35. The van der Waals surface area contributed by atoms with E-state index in [0.29, 0.717) is 0 Å². The van der Waals surface area contributed by atoms with Crippen LogP contribution in [-0.4, -0.2) is 17.1 Å². The molecule has 8 heavy (non-hydrogen) atoms. The van der Waals surface area contributed by atoms with Crippen molar-refractivity contribution in [1.82, 2.24) is 11.0 Å². The number of carboxylic acids is 1. The minimum atomic E-state index is -0.942. The normalized spacial score (nSPS) is 13.2. The molecule has 0 aromatic carbocycles. The van der Waals surface area contributed by atoms with E-state index >= 15 is 0 Å². The molecule has 0 heterocycles. The number of rotatable bonds is 3. The Labute approximate surface area is 46.8 Å². The Kier molecular flexibility index (Phi) is 3.09. The van der Waals surface area contributed by atoms with Crippen molar-refractivity contribution in [1.29, 1.82) is 0 Å². The average Bonchev–Trinajstić information content (AvgIpc) is 1.67. The van der Waals surface area contributed by atoms with Gasteiger partial charge in [0.2, 0.25) is 0 Å². The fourth-order valence-corrected chi connectivity index (χ4v) is 0.187. The minimum Gasteiger partial charge on any atom is -0.480 e. The second kappa shape index (κ2) is 3.36. The van der Waals surface area contributed by atoms with Crippen LogP contribution in [0.2, 0.25) is 0 Å². The maximum absolute atomic E-state index is 9.93. The molecule has 0 unspecified atom stereocenters. The summed E-state index contributed by atoms with van der Waals surface area (Å²) in [5.41, 5.74) is 4.29. The van der Waals surface area contributed by atoms with Crippen LogP contribution >= 0.6 is 0 Å². The lowest BCUT2D eigenvalue weighted by atomic mass is 10.4. The highest BCUT2D eigenvalue weighted by Crippen LogP contribution is 1.74. The van der Waals surface area contributed by atoms with Crippen LogP contribution in [0.4, 0.5) is 0 Å². The number of hydrazine groups is 2. The molecule has 0 fully saturated rings. The van der Waals surface area contributed by atoms with Gasteiger partial charge < -0.3 is 5.11 Å². The van der Waals surface area contributed by atoms with Gasteiger partial charge in [0, 0.05) is 0 Å². The molecule has 48 valence electrons. The van der Waals surface area contributed by atoms with Crippen molar-refractivity contribution in [3.05, 3.63) is 0 Å². The molecule has 0 amide bonds. The van der Waals surface area contributed by atoms with E-state index in [-0.39, 0.29) is 0 Å². The summed E-state index contributed by atoms with van der Waals surface area (Å²) in [5.74, 6) is 3.80. The zero-order valence-corrected chi connectivity index (χ0v) is 4.51. The first-order valence-corrected chi connectivity index (χ1v) is 2.12. The van der Waals surface area contributed by atoms with Crippen molar-refractivity contribution < 1.29 is 9.90 Å². The zero-order valence-electron chi connectivity index (χ0n) is 4.51. The highest BCUT2D eigenvalue weighted by Gasteiger charge is 2.06. The van der Waals surface area contributed by atoms with Gasteiger partial charge in [-0.05, 0) is 6.92 Å². The Morgan fingerprint density at radius 3 is 2.50 bits per heavy atom. The first kappa shape index (κ1) is 7.35. The van der Waals surface area contributed by atoms with Crippen LogP contribution in [-0.2, 0) is 4.79 Å². The van der Waals surface area contributed by atoms with E-state index in [1.54, 1.807) is 0 Å². The van der Waals surface area contributed by atoms with Crippen LogP contribution in [0.3, 0.4) is 0 Å². The Morgan fingerprint density at radius 1 is 1.88 bits per heavy atom. The molecule has 5 N–H and O–H groups in total. The smallest absolute Gasteiger partial charge is 0.321 e. The van der Waals surface area contributed by atoms with Gasteiger partial charge in [0.25, 0.3) is 0 Å². The number of hydrogen-bond acceptors (Lipinski definition) is 4. The van der Waals surface area contributed by atoms with E-state index in [9.17, 15) is 4.79 Å². The molecule has 0 rings (SSSR count). The third-order valence-corrected chi connectivity index (χ3v) is 0.670. The molecule has 0 saturated carbocycles. The maximum Gasteiger partial charge on any atom is 0.321 e. The Morgan fingerprint density at radius 2 is 2.38 bits per heavy atom. The van der Waals surface area contributed by atoms with Gasteiger partial charge in [-0.25, -0.2) is 5.43 Å². The number of carbonyl (C=O) groups is 1. The molecule has 0 bridgehead atoms. The van der Waals surface area contributed by atoms with Crippen molar-refractivity contribution in [2.24, 2.45) is 5.84 Å². The van der Waals surface area contributed by atoms with Crippen molar-refractivity contribution >= 4 is 5.97 Å². The lowest BCUT2D eigenvalue weighted by Gasteiger charge is -2.04. The summed E-state index contributed by atoms with van der Waals surface area (Å²) < 4.78 is 0. The summed E-state index contributed by atoms with van der Waals surface area (Å²) in [6.45, 7) is 1.47. The van der Waals surface area contributed by atoms with E-state index in [1.165, 1.54) is 6.92 Å². The van der Waals surface area contributed by atoms with Crippen LogP contribution in [0.5, 0.6) is 0 Å². The van der Waals surface area contributed by atoms with E-state index in [2.05, 4.69) is 5.43 Å². The Hall–Kier alpha value is -0.650. The number of nitrogens with two attached hydrogens (primary N) is 1. The predicted octanol–water partition coefficient (Wildman–Crippen LogP) is -1.57. The van der Waals surface area contributed by atoms with Crippen LogP contribution in [0.15, 0.2) is 0 Å². The predicted molar refractivity (Wildman–Crippen MR) is 27.6 cm³/mol. The highest BCUT2D eigenvalue weighted by molar-refractivity contribution is 5.72. The minimum absolute atomic E-state index is 0.653. The SMILES string of the molecule is C[C@H](NNN)C(=O)O. The summed E-state index contributed by atoms with van der Waals surface area (Å²) in [6, 6.07) is -0.653. The molecule has 0 spiro atoms. The van der Waals surface area contributed by atoms with Gasteiger partial charge >= 0.3 is 5.97 Å². The highest BCUT2D eigenvalue weighted by atomic mass is 16.4. The van der Waals surface area contributed by atoms with Crippen LogP contribution in [0.25, 0.3) is 0 Å². The molecule has 0 saturated heterocycles. The van der Waals surface area contributed by atoms with E-state index in [1.807, 2.05) is 5.53 Å². The molecule has 0 aliphatic rings. The van der Waals surface area contributed by atoms with E-state index in [0.717, 1.165) is 0 Å². The van der Waals surface area contributed by atoms with Crippen molar-refractivity contribution in [3.63, 3.8) is 0 Å². The van der Waals surface area contributed by atoms with Crippen molar-refractivity contribution in [2.75, 3.05) is 0 Å². The topological polar surface area (TPSA) is 87.4 Å². The molecular weight excluding hydrogens is 110 g/mol. The van der Waals surface area contributed by atoms with E-state index < -0.39 is 12.0 Å². The van der Waals surface area contributed by atoms with Gasteiger partial charge in [0.15, 0.2) is 0 Å². The monoisotopic (exact) mass is 119 g/mol. The fraction of sp³-hybridized carbons (Fsp3) is 0.667. The molecule has 0 aromatic rings. The Balaban J connectivity index is 3.32. The molecule has 1 atom stereocenters. The Bertz CT molecular complexity index is 84.6. The van der Waals surface area contributed by atoms with Gasteiger partial charge in [-0.2, -0.15) is 5.53 Å². The molecule has 0 radical (unpaired) electrons. The lowest BCUT2D eigenvalue weighted by molar-refractivity contribution is -0.139. The van der Waals surface area contributed by atoms with Gasteiger partial charge in [-0.1, -0.05) is 0 Å². The summed E-state index contributed by atoms with van der Waals surface area (Å²) in [4.78, 5) is 9.93. The number of nitrogens with one attached hydrogen (secondary N) is 2. The molecule has 0 aromatic heterocycles. The summed E-state index contributed by atoms with van der Waals surface area (Å²) >= 11 is 0. The average molecular weight is 119 g/mol. The van der Waals surface area contributed by atoms with Crippen LogP contribution in [0, 0.1) is 0 Å². The third kappa shape index (κ3) is 2.51. The maximum atomic E-state index is 9.93. The lowest BCUT2D eigenvalue weighted by Crippen LogP contribution is -2.47. The largest absolute Gasteiger partial charge is 0.480 e. The fourth-order valence-electron chi connectivity index (χ4n) is 0.187. The number of aliphatic carboxylic acids is 1.